The lowest BCUT2D eigenvalue weighted by molar-refractivity contribution is -0.145. The lowest BCUT2D eigenvalue weighted by Gasteiger charge is -2.20. The van der Waals surface area contributed by atoms with E-state index in [0.29, 0.717) is 23.6 Å². The van der Waals surface area contributed by atoms with E-state index >= 15 is 0 Å². The smallest absolute Gasteiger partial charge is 0.324 e. The van der Waals surface area contributed by atoms with Gasteiger partial charge in [-0.05, 0) is 48.7 Å². The van der Waals surface area contributed by atoms with Crippen LogP contribution in [0.3, 0.4) is 0 Å². The summed E-state index contributed by atoms with van der Waals surface area (Å²) in [6.45, 7) is 4.73. The minimum Gasteiger partial charge on any atom is -0.497 e. The minimum atomic E-state index is -4.00. The molecule has 2 N–H and O–H groups in total. The Morgan fingerprint density at radius 2 is 1.73 bits per heavy atom. The Morgan fingerprint density at radius 3 is 2.30 bits per heavy atom. The van der Waals surface area contributed by atoms with Crippen molar-refractivity contribution >= 4 is 39.0 Å². The van der Waals surface area contributed by atoms with Crippen LogP contribution in [0.2, 0.25) is 0 Å². The summed E-state index contributed by atoms with van der Waals surface area (Å²) in [5.41, 5.74) is 0. The number of sulfonamides is 1. The van der Waals surface area contributed by atoms with E-state index in [9.17, 15) is 22.8 Å². The molecule has 2 rings (SSSR count). The Kier molecular flexibility index (Phi) is 9.56. The van der Waals surface area contributed by atoms with Crippen LogP contribution in [0.25, 0.3) is 0 Å². The number of ketones is 1. The van der Waals surface area contributed by atoms with E-state index in [2.05, 4.69) is 10.0 Å². The van der Waals surface area contributed by atoms with Crippen molar-refractivity contribution < 1.29 is 32.3 Å². The number of ether oxygens (including phenoxy) is 2. The van der Waals surface area contributed by atoms with Gasteiger partial charge in [0, 0.05) is 18.3 Å². The van der Waals surface area contributed by atoms with Crippen molar-refractivity contribution in [1.82, 2.24) is 10.0 Å². The third-order valence-corrected chi connectivity index (χ3v) is 7.24. The Labute approximate surface area is 197 Å². The molecule has 0 aliphatic heterocycles. The summed E-state index contributed by atoms with van der Waals surface area (Å²) in [5.74, 6) is -1.27. The highest BCUT2D eigenvalue weighted by Crippen LogP contribution is 2.19. The summed E-state index contributed by atoms with van der Waals surface area (Å²) in [6, 6.07) is 7.99. The van der Waals surface area contributed by atoms with E-state index in [1.807, 2.05) is 0 Å². The molecule has 0 fully saturated rings. The fourth-order valence-electron chi connectivity index (χ4n) is 2.77. The summed E-state index contributed by atoms with van der Waals surface area (Å²) in [5, 5.41) is 2.68. The predicted molar refractivity (Wildman–Crippen MR) is 124 cm³/mol. The number of amides is 1. The fraction of sp³-hybridized carbons (Fsp3) is 0.409. The molecule has 0 aliphatic rings. The summed E-state index contributed by atoms with van der Waals surface area (Å²) in [4.78, 5) is 37.2. The first-order chi connectivity index (χ1) is 15.5. The first-order valence-electron chi connectivity index (χ1n) is 10.2. The minimum absolute atomic E-state index is 0.0248. The highest BCUT2D eigenvalue weighted by Gasteiger charge is 2.30. The molecule has 33 heavy (non-hydrogen) atoms. The van der Waals surface area contributed by atoms with Crippen LogP contribution < -0.4 is 14.8 Å². The van der Waals surface area contributed by atoms with Crippen LogP contribution in [0.5, 0.6) is 5.75 Å². The van der Waals surface area contributed by atoms with Gasteiger partial charge in [0.05, 0.1) is 16.9 Å². The number of hydrogen-bond acceptors (Lipinski definition) is 8. The van der Waals surface area contributed by atoms with Crippen LogP contribution in [0.4, 0.5) is 0 Å². The standard InChI is InChI=1S/C22H28N2O7S2/c1-14(2)21(24-33(28,29)18-8-5-16(30-4)6-9-18)22(27)31-13-19(26)20-10-7-17(32-20)11-12-23-15(3)25/h5-10,14,21,24H,11-13H2,1-4H3,(H,23,25)/t21-/m0/s1. The van der Waals surface area contributed by atoms with Crippen LogP contribution in [0, 0.1) is 5.92 Å². The van der Waals surface area contributed by atoms with Crippen LogP contribution in [0.1, 0.15) is 35.3 Å². The average Bonchev–Trinajstić information content (AvgIpc) is 3.24. The van der Waals surface area contributed by atoms with Gasteiger partial charge in [-0.2, -0.15) is 4.72 Å². The summed E-state index contributed by atoms with van der Waals surface area (Å²) in [7, 11) is -2.53. The maximum Gasteiger partial charge on any atom is 0.324 e. The number of Topliss-reactive ketones (excluding diaryl/α,β-unsaturated/α-hetero) is 1. The van der Waals surface area contributed by atoms with Gasteiger partial charge in [0.15, 0.2) is 6.61 Å². The first-order valence-corrected chi connectivity index (χ1v) is 12.5. The molecule has 180 valence electrons. The number of carbonyl (C=O) groups excluding carboxylic acids is 3. The molecule has 1 aromatic carbocycles. The maximum atomic E-state index is 12.7. The molecule has 0 saturated carbocycles. The first kappa shape index (κ1) is 26.5. The van der Waals surface area contributed by atoms with Crippen molar-refractivity contribution in [3.05, 3.63) is 46.2 Å². The van der Waals surface area contributed by atoms with Gasteiger partial charge in [0.2, 0.25) is 21.7 Å². The Bertz CT molecular complexity index is 1080. The third kappa shape index (κ3) is 7.95. The van der Waals surface area contributed by atoms with Crippen molar-refractivity contribution in [1.29, 1.82) is 0 Å². The van der Waals surface area contributed by atoms with E-state index in [-0.39, 0.29) is 16.6 Å². The molecule has 0 saturated heterocycles. The van der Waals surface area contributed by atoms with Gasteiger partial charge < -0.3 is 14.8 Å². The van der Waals surface area contributed by atoms with Crippen LogP contribution >= 0.6 is 11.3 Å². The maximum absolute atomic E-state index is 12.7. The monoisotopic (exact) mass is 496 g/mol. The summed E-state index contributed by atoms with van der Waals surface area (Å²) >= 11 is 1.26. The molecule has 2 aromatic rings. The van der Waals surface area contributed by atoms with Gasteiger partial charge in [-0.1, -0.05) is 13.8 Å². The molecule has 1 aromatic heterocycles. The van der Waals surface area contributed by atoms with Gasteiger partial charge in [-0.25, -0.2) is 8.42 Å². The van der Waals surface area contributed by atoms with E-state index in [0.717, 1.165) is 4.88 Å². The number of thiophene rings is 1. The van der Waals surface area contributed by atoms with Gasteiger partial charge in [0.25, 0.3) is 0 Å². The molecule has 0 unspecified atom stereocenters. The van der Waals surface area contributed by atoms with Crippen LogP contribution in [-0.2, 0) is 30.8 Å². The SMILES string of the molecule is COc1ccc(S(=O)(=O)N[C@H](C(=O)OCC(=O)c2ccc(CCNC(C)=O)s2)C(C)C)cc1. The molecule has 1 heterocycles. The number of carbonyl (C=O) groups is 3. The number of benzene rings is 1. The fourth-order valence-corrected chi connectivity index (χ4v) is 5.03. The van der Waals surface area contributed by atoms with E-state index in [1.165, 1.54) is 49.6 Å². The molecule has 1 atom stereocenters. The topological polar surface area (TPSA) is 128 Å². The Morgan fingerprint density at radius 1 is 1.06 bits per heavy atom. The molecule has 0 bridgehead atoms. The molecule has 11 heteroatoms. The highest BCUT2D eigenvalue weighted by molar-refractivity contribution is 7.89. The summed E-state index contributed by atoms with van der Waals surface area (Å²) in [6.07, 6.45) is 0.583. The second-order valence-electron chi connectivity index (χ2n) is 7.55. The van der Waals surface area contributed by atoms with Crippen molar-refractivity contribution in [3.8, 4) is 5.75 Å². The van der Waals surface area contributed by atoms with Crippen molar-refractivity contribution in [2.45, 2.75) is 38.1 Å². The van der Waals surface area contributed by atoms with Crippen LogP contribution in [0.15, 0.2) is 41.3 Å². The van der Waals surface area contributed by atoms with Crippen LogP contribution in [-0.4, -0.2) is 52.4 Å². The number of esters is 1. The normalized spacial score (nSPS) is 12.3. The average molecular weight is 497 g/mol. The van der Waals surface area contributed by atoms with Crippen molar-refractivity contribution in [2.75, 3.05) is 20.3 Å². The Hall–Kier alpha value is -2.76. The molecule has 0 spiro atoms. The van der Waals surface area contributed by atoms with E-state index < -0.39 is 34.6 Å². The summed E-state index contributed by atoms with van der Waals surface area (Å²) < 4.78 is 37.9. The molecule has 1 amide bonds. The zero-order valence-electron chi connectivity index (χ0n) is 18.9. The lowest BCUT2D eigenvalue weighted by Crippen LogP contribution is -2.45. The molecule has 0 aliphatic carbocycles. The van der Waals surface area contributed by atoms with Gasteiger partial charge >= 0.3 is 5.97 Å². The third-order valence-electron chi connectivity index (χ3n) is 4.60. The van der Waals surface area contributed by atoms with Crippen molar-refractivity contribution in [3.63, 3.8) is 0 Å². The number of nitrogens with one attached hydrogen (secondary N) is 2. The molecular formula is C22H28N2O7S2. The molecule has 0 radical (unpaired) electrons. The van der Waals surface area contributed by atoms with Crippen molar-refractivity contribution in [2.24, 2.45) is 5.92 Å². The molecular weight excluding hydrogens is 468 g/mol. The van der Waals surface area contributed by atoms with Gasteiger partial charge in [-0.15, -0.1) is 11.3 Å². The zero-order valence-corrected chi connectivity index (χ0v) is 20.5. The van der Waals surface area contributed by atoms with E-state index in [1.54, 1.807) is 26.0 Å². The lowest BCUT2D eigenvalue weighted by atomic mass is 10.1. The van der Waals surface area contributed by atoms with Gasteiger partial charge in [-0.3, -0.25) is 14.4 Å². The largest absolute Gasteiger partial charge is 0.497 e. The quantitative estimate of drug-likeness (QED) is 0.340. The Balaban J connectivity index is 1.97. The highest BCUT2D eigenvalue weighted by atomic mass is 32.2. The van der Waals surface area contributed by atoms with E-state index in [4.69, 9.17) is 9.47 Å². The second-order valence-corrected chi connectivity index (χ2v) is 10.4. The number of hydrogen-bond donors (Lipinski definition) is 2. The number of rotatable bonds is 12. The second kappa shape index (κ2) is 11.9. The van der Waals surface area contributed by atoms with Gasteiger partial charge in [0.1, 0.15) is 11.8 Å². The zero-order chi connectivity index (χ0) is 24.6. The molecule has 9 nitrogen and oxygen atoms in total. The predicted octanol–water partition coefficient (Wildman–Crippen LogP) is 2.16. The number of methoxy groups -OCH3 is 1.